The molecule has 0 radical (unpaired) electrons. The second-order valence-corrected chi connectivity index (χ2v) is 6.00. The van der Waals surface area contributed by atoms with Gasteiger partial charge in [0.25, 0.3) is 0 Å². The summed E-state index contributed by atoms with van der Waals surface area (Å²) in [6, 6.07) is 0.262. The molecular weight excluding hydrogens is 230 g/mol. The van der Waals surface area contributed by atoms with E-state index in [1.165, 1.54) is 12.8 Å². The first-order valence-corrected chi connectivity index (χ1v) is 7.04. The summed E-state index contributed by atoms with van der Waals surface area (Å²) in [6.45, 7) is 5.06. The van der Waals surface area contributed by atoms with Gasteiger partial charge >= 0.3 is 5.97 Å². The van der Waals surface area contributed by atoms with Crippen LogP contribution in [0.3, 0.4) is 0 Å². The summed E-state index contributed by atoms with van der Waals surface area (Å²) in [5, 5.41) is 9.05. The van der Waals surface area contributed by atoms with Crippen LogP contribution in [0.4, 0.5) is 0 Å². The Hall–Kier alpha value is -1.06. The van der Waals surface area contributed by atoms with Crippen LogP contribution < -0.4 is 0 Å². The van der Waals surface area contributed by atoms with Crippen LogP contribution in [-0.2, 0) is 9.59 Å². The Balaban J connectivity index is 2.04. The van der Waals surface area contributed by atoms with Crippen molar-refractivity contribution in [3.05, 3.63) is 0 Å². The van der Waals surface area contributed by atoms with Gasteiger partial charge in [-0.15, -0.1) is 0 Å². The van der Waals surface area contributed by atoms with Gasteiger partial charge in [0.15, 0.2) is 0 Å². The van der Waals surface area contributed by atoms with Gasteiger partial charge in [-0.1, -0.05) is 13.3 Å². The minimum Gasteiger partial charge on any atom is -0.481 e. The molecule has 2 rings (SSSR count). The number of hydrogen-bond acceptors (Lipinski definition) is 2. The molecule has 1 saturated carbocycles. The monoisotopic (exact) mass is 253 g/mol. The van der Waals surface area contributed by atoms with Crippen molar-refractivity contribution in [2.24, 2.45) is 17.8 Å². The molecule has 4 unspecified atom stereocenters. The first kappa shape index (κ1) is 13.4. The number of carbonyl (C=O) groups is 2. The molecule has 4 nitrogen and oxygen atoms in total. The van der Waals surface area contributed by atoms with E-state index >= 15 is 0 Å². The van der Waals surface area contributed by atoms with Gasteiger partial charge in [-0.05, 0) is 38.5 Å². The summed E-state index contributed by atoms with van der Waals surface area (Å²) in [4.78, 5) is 25.4. The smallest absolute Gasteiger partial charge is 0.307 e. The second-order valence-electron chi connectivity index (χ2n) is 6.00. The lowest BCUT2D eigenvalue weighted by molar-refractivity contribution is -0.157. The molecule has 1 saturated heterocycles. The molecule has 102 valence electrons. The van der Waals surface area contributed by atoms with Crippen molar-refractivity contribution >= 4 is 11.9 Å². The quantitative estimate of drug-likeness (QED) is 0.820. The molecule has 0 aromatic heterocycles. The Morgan fingerprint density at radius 3 is 2.28 bits per heavy atom. The van der Waals surface area contributed by atoms with Crippen LogP contribution in [0.5, 0.6) is 0 Å². The van der Waals surface area contributed by atoms with Crippen LogP contribution in [0.2, 0.25) is 0 Å². The third kappa shape index (κ3) is 2.52. The van der Waals surface area contributed by atoms with Crippen LogP contribution in [0.25, 0.3) is 0 Å². The topological polar surface area (TPSA) is 57.6 Å². The maximum absolute atomic E-state index is 12.5. The number of hydrogen-bond donors (Lipinski definition) is 1. The number of rotatable bonds is 2. The predicted molar refractivity (Wildman–Crippen MR) is 68.0 cm³/mol. The number of carboxylic acid groups (broad SMARTS) is 1. The highest BCUT2D eigenvalue weighted by molar-refractivity contribution is 5.86. The lowest BCUT2D eigenvalue weighted by Crippen LogP contribution is -2.49. The Bertz CT molecular complexity index is 342. The van der Waals surface area contributed by atoms with E-state index in [0.29, 0.717) is 12.3 Å². The van der Waals surface area contributed by atoms with Gasteiger partial charge in [0.1, 0.15) is 0 Å². The number of carboxylic acids is 1. The van der Waals surface area contributed by atoms with E-state index in [1.54, 1.807) is 0 Å². The molecular formula is C14H23NO3. The fourth-order valence-electron chi connectivity index (χ4n) is 3.14. The number of carbonyl (C=O) groups excluding carboxylic acids is 1. The zero-order valence-electron chi connectivity index (χ0n) is 11.3. The molecule has 2 aliphatic rings. The Morgan fingerprint density at radius 2 is 1.72 bits per heavy atom. The van der Waals surface area contributed by atoms with E-state index in [0.717, 1.165) is 19.4 Å². The van der Waals surface area contributed by atoms with Gasteiger partial charge in [0.05, 0.1) is 11.8 Å². The Kier molecular flexibility index (Phi) is 3.93. The molecule has 2 fully saturated rings. The summed E-state index contributed by atoms with van der Waals surface area (Å²) >= 11 is 0. The normalized spacial score (nSPS) is 36.7. The van der Waals surface area contributed by atoms with E-state index < -0.39 is 11.9 Å². The Morgan fingerprint density at radius 1 is 1.06 bits per heavy atom. The van der Waals surface area contributed by atoms with Crippen LogP contribution in [-0.4, -0.2) is 34.5 Å². The summed E-state index contributed by atoms with van der Waals surface area (Å²) in [5.41, 5.74) is 0. The average molecular weight is 253 g/mol. The van der Waals surface area contributed by atoms with Gasteiger partial charge < -0.3 is 10.0 Å². The highest BCUT2D eigenvalue weighted by Gasteiger charge is 2.44. The van der Waals surface area contributed by atoms with Crippen molar-refractivity contribution in [2.75, 3.05) is 6.54 Å². The average Bonchev–Trinajstić information content (AvgIpc) is 2.38. The molecule has 4 heteroatoms. The van der Waals surface area contributed by atoms with Crippen molar-refractivity contribution in [1.29, 1.82) is 0 Å². The number of nitrogens with zero attached hydrogens (tertiary/aromatic N) is 1. The summed E-state index contributed by atoms with van der Waals surface area (Å²) in [6.07, 6.45) is 4.78. The van der Waals surface area contributed by atoms with Gasteiger partial charge in [-0.2, -0.15) is 0 Å². The van der Waals surface area contributed by atoms with Gasteiger partial charge in [0, 0.05) is 12.6 Å². The fourth-order valence-corrected chi connectivity index (χ4v) is 3.14. The highest BCUT2D eigenvalue weighted by Crippen LogP contribution is 2.37. The Labute approximate surface area is 108 Å². The summed E-state index contributed by atoms with van der Waals surface area (Å²) < 4.78 is 0. The van der Waals surface area contributed by atoms with Crippen LogP contribution in [0.1, 0.15) is 46.0 Å². The van der Waals surface area contributed by atoms with Crippen molar-refractivity contribution in [2.45, 2.75) is 52.0 Å². The number of likely N-dealkylation sites (tertiary alicyclic amines) is 1. The second kappa shape index (κ2) is 5.29. The maximum atomic E-state index is 12.5. The molecule has 1 heterocycles. The van der Waals surface area contributed by atoms with Crippen molar-refractivity contribution in [3.63, 3.8) is 0 Å². The molecule has 0 spiro atoms. The predicted octanol–water partition coefficient (Wildman–Crippen LogP) is 2.13. The molecule has 1 aliphatic heterocycles. The van der Waals surface area contributed by atoms with E-state index in [2.05, 4.69) is 13.8 Å². The maximum Gasteiger partial charge on any atom is 0.307 e. The van der Waals surface area contributed by atoms with Crippen molar-refractivity contribution < 1.29 is 14.7 Å². The third-order valence-electron chi connectivity index (χ3n) is 4.55. The molecule has 1 amide bonds. The molecule has 1 N–H and O–H groups in total. The largest absolute Gasteiger partial charge is 0.481 e. The molecule has 0 bridgehead atoms. The van der Waals surface area contributed by atoms with E-state index in [4.69, 9.17) is 5.11 Å². The highest BCUT2D eigenvalue weighted by atomic mass is 16.4. The van der Waals surface area contributed by atoms with E-state index in [1.807, 2.05) is 4.90 Å². The third-order valence-corrected chi connectivity index (χ3v) is 4.55. The first-order valence-electron chi connectivity index (χ1n) is 7.04. The zero-order valence-corrected chi connectivity index (χ0v) is 11.3. The minimum atomic E-state index is -0.810. The van der Waals surface area contributed by atoms with Crippen LogP contribution in [0, 0.1) is 17.8 Å². The zero-order chi connectivity index (χ0) is 13.3. The first-order chi connectivity index (χ1) is 8.50. The van der Waals surface area contributed by atoms with E-state index in [9.17, 15) is 9.59 Å². The SMILES string of the molecule is CC1CCCC(C)N(C(=O)C2CCC2C(=O)O)C1. The van der Waals surface area contributed by atoms with Crippen molar-refractivity contribution in [1.82, 2.24) is 4.90 Å². The molecule has 4 atom stereocenters. The van der Waals surface area contributed by atoms with Crippen LogP contribution in [0.15, 0.2) is 0 Å². The molecule has 0 aromatic carbocycles. The van der Waals surface area contributed by atoms with Crippen LogP contribution >= 0.6 is 0 Å². The summed E-state index contributed by atoms with van der Waals surface area (Å²) in [7, 11) is 0. The summed E-state index contributed by atoms with van der Waals surface area (Å²) in [5.74, 6) is -0.911. The molecule has 18 heavy (non-hydrogen) atoms. The number of amides is 1. The van der Waals surface area contributed by atoms with Crippen molar-refractivity contribution in [3.8, 4) is 0 Å². The van der Waals surface area contributed by atoms with Gasteiger partial charge in [-0.3, -0.25) is 9.59 Å². The number of aliphatic carboxylic acids is 1. The molecule has 1 aliphatic carbocycles. The van der Waals surface area contributed by atoms with Gasteiger partial charge in [-0.25, -0.2) is 0 Å². The lowest BCUT2D eigenvalue weighted by atomic mass is 9.72. The standard InChI is InChI=1S/C14H23NO3/c1-9-4-3-5-10(2)15(8-9)13(16)11-6-7-12(11)14(17)18/h9-12H,3-8H2,1-2H3,(H,17,18). The minimum absolute atomic E-state index is 0.0786. The lowest BCUT2D eigenvalue weighted by Gasteiger charge is -2.38. The van der Waals surface area contributed by atoms with E-state index in [-0.39, 0.29) is 17.9 Å². The molecule has 0 aromatic rings. The fraction of sp³-hybridized carbons (Fsp3) is 0.857. The van der Waals surface area contributed by atoms with Gasteiger partial charge in [0.2, 0.25) is 5.91 Å².